The molecular weight excluding hydrogens is 386 g/mol. The summed E-state index contributed by atoms with van der Waals surface area (Å²) < 4.78 is 8.34. The van der Waals surface area contributed by atoms with Crippen LogP contribution in [0.5, 0.6) is 0 Å². The topological polar surface area (TPSA) is 50.8 Å². The fraction of sp³-hybridized carbons (Fsp3) is 0.680. The molecule has 0 fully saturated rings. The van der Waals surface area contributed by atoms with Crippen molar-refractivity contribution < 1.29 is 4.74 Å². The first-order chi connectivity index (χ1) is 14.4. The second kappa shape index (κ2) is 12.3. The molecule has 2 rings (SSSR count). The molecule has 5 heteroatoms. The Morgan fingerprint density at radius 3 is 2.53 bits per heavy atom. The van der Waals surface area contributed by atoms with Crippen LogP contribution in [-0.2, 0) is 11.5 Å². The molecule has 30 heavy (non-hydrogen) atoms. The fourth-order valence-corrected chi connectivity index (χ4v) is 4.92. The van der Waals surface area contributed by atoms with Gasteiger partial charge in [0.2, 0.25) is 0 Å². The maximum absolute atomic E-state index is 10.0. The number of hydrogen-bond donors (Lipinski definition) is 0. The van der Waals surface area contributed by atoms with Gasteiger partial charge in [0.1, 0.15) is 18.4 Å². The largest absolute Gasteiger partial charge is 0.361 e. The van der Waals surface area contributed by atoms with E-state index in [0.29, 0.717) is 12.6 Å². The van der Waals surface area contributed by atoms with Gasteiger partial charge in [0.05, 0.1) is 5.56 Å². The van der Waals surface area contributed by atoms with Crippen LogP contribution in [0.4, 0.5) is 0 Å². The highest BCUT2D eigenvalue weighted by atomic mass is 28.3. The van der Waals surface area contributed by atoms with Crippen LogP contribution in [0.25, 0.3) is 11.0 Å². The second-order valence-corrected chi connectivity index (χ2v) is 15.3. The van der Waals surface area contributed by atoms with E-state index in [0.717, 1.165) is 54.2 Å². The number of unbranched alkanes of at least 4 members (excludes halogenated alkanes) is 4. The number of fused-ring (bicyclic) bond motifs is 1. The third-order valence-corrected chi connectivity index (χ3v) is 7.57. The zero-order chi connectivity index (χ0) is 22.0. The third-order valence-electron chi connectivity index (χ3n) is 5.87. The van der Waals surface area contributed by atoms with E-state index in [1.54, 1.807) is 0 Å². The monoisotopic (exact) mass is 427 g/mol. The maximum atomic E-state index is 10.0. The molecule has 1 unspecified atom stereocenters. The lowest BCUT2D eigenvalue weighted by Gasteiger charge is -2.21. The summed E-state index contributed by atoms with van der Waals surface area (Å²) in [4.78, 5) is 4.64. The van der Waals surface area contributed by atoms with E-state index < -0.39 is 8.07 Å². The van der Waals surface area contributed by atoms with E-state index in [4.69, 9.17) is 4.74 Å². The van der Waals surface area contributed by atoms with Crippen molar-refractivity contribution in [3.63, 3.8) is 0 Å². The van der Waals surface area contributed by atoms with Crippen molar-refractivity contribution in [2.75, 3.05) is 6.61 Å². The summed E-state index contributed by atoms with van der Waals surface area (Å²) in [5, 5.41) is 11.0. The first kappa shape index (κ1) is 24.6. The number of rotatable bonds is 14. The predicted molar refractivity (Wildman–Crippen MR) is 130 cm³/mol. The molecule has 2 aromatic rings. The lowest BCUT2D eigenvalue weighted by Crippen LogP contribution is -2.22. The van der Waals surface area contributed by atoms with Crippen LogP contribution in [-0.4, -0.2) is 24.2 Å². The van der Waals surface area contributed by atoms with Crippen molar-refractivity contribution >= 4 is 19.1 Å². The number of aromatic nitrogens is 2. The molecule has 4 nitrogen and oxygen atoms in total. The smallest absolute Gasteiger partial charge is 0.143 e. The van der Waals surface area contributed by atoms with Gasteiger partial charge < -0.3 is 9.30 Å². The summed E-state index contributed by atoms with van der Waals surface area (Å²) in [5.74, 6) is 0.390. The van der Waals surface area contributed by atoms with Crippen molar-refractivity contribution in [3.8, 4) is 6.07 Å². The Hall–Kier alpha value is -1.64. The van der Waals surface area contributed by atoms with Crippen LogP contribution in [0.3, 0.4) is 0 Å². The standard InChI is InChI=1S/C25H41N3OSi/c1-6-8-9-10-11-14-21(13-7-2)24-23(19-26)22-15-12-16-27-25(22)28(24)20-29-17-18-30(3,4)5/h12,15-16,21H,6-11,13-14,17-18,20H2,1-5H3. The van der Waals surface area contributed by atoms with Gasteiger partial charge in [-0.25, -0.2) is 4.98 Å². The molecule has 0 N–H and O–H groups in total. The predicted octanol–water partition coefficient (Wildman–Crippen LogP) is 7.46. The Morgan fingerprint density at radius 2 is 1.87 bits per heavy atom. The molecule has 0 aliphatic rings. The number of ether oxygens (including phenoxy) is 1. The van der Waals surface area contributed by atoms with Gasteiger partial charge in [0, 0.05) is 37.9 Å². The molecule has 0 saturated carbocycles. The van der Waals surface area contributed by atoms with Crippen LogP contribution >= 0.6 is 0 Å². The van der Waals surface area contributed by atoms with Crippen molar-refractivity contribution in [2.45, 2.75) is 104 Å². The van der Waals surface area contributed by atoms with Crippen molar-refractivity contribution in [2.24, 2.45) is 0 Å². The lowest BCUT2D eigenvalue weighted by atomic mass is 9.90. The van der Waals surface area contributed by atoms with Crippen LogP contribution in [0.1, 0.15) is 82.4 Å². The number of nitrogens with zero attached hydrogens (tertiary/aromatic N) is 3. The van der Waals surface area contributed by atoms with Gasteiger partial charge in [-0.1, -0.05) is 72.0 Å². The summed E-state index contributed by atoms with van der Waals surface area (Å²) in [7, 11) is -1.13. The van der Waals surface area contributed by atoms with Gasteiger partial charge in [0.25, 0.3) is 0 Å². The Morgan fingerprint density at radius 1 is 1.10 bits per heavy atom. The minimum atomic E-state index is -1.13. The molecule has 0 bridgehead atoms. The third kappa shape index (κ3) is 6.96. The Balaban J connectivity index is 2.30. The summed E-state index contributed by atoms with van der Waals surface area (Å²) >= 11 is 0. The molecule has 0 saturated heterocycles. The quantitative estimate of drug-likeness (QED) is 0.232. The van der Waals surface area contributed by atoms with E-state index in [9.17, 15) is 5.26 Å². The Labute approximate surface area is 184 Å². The minimum Gasteiger partial charge on any atom is -0.361 e. The Bertz CT molecular complexity index is 816. The first-order valence-electron chi connectivity index (χ1n) is 11.9. The molecule has 1 atom stereocenters. The van der Waals surface area contributed by atoms with E-state index in [1.165, 1.54) is 32.1 Å². The summed E-state index contributed by atoms with van der Waals surface area (Å²) in [6.07, 6.45) is 11.6. The molecule has 166 valence electrons. The average molecular weight is 428 g/mol. The molecule has 0 aliphatic carbocycles. The van der Waals surface area contributed by atoms with Crippen LogP contribution in [0.2, 0.25) is 25.7 Å². The van der Waals surface area contributed by atoms with Crippen LogP contribution in [0.15, 0.2) is 18.3 Å². The van der Waals surface area contributed by atoms with Gasteiger partial charge in [-0.2, -0.15) is 5.26 Å². The number of nitriles is 1. The number of hydrogen-bond acceptors (Lipinski definition) is 3. The SMILES string of the molecule is CCCCCCCC(CCC)c1c(C#N)c2cccnc2n1COCC[Si](C)(C)C. The number of pyridine rings is 1. The molecule has 0 aromatic carbocycles. The van der Waals surface area contributed by atoms with Gasteiger partial charge in [0.15, 0.2) is 0 Å². The first-order valence-corrected chi connectivity index (χ1v) is 15.6. The van der Waals surface area contributed by atoms with Crippen molar-refractivity contribution in [3.05, 3.63) is 29.6 Å². The zero-order valence-corrected chi connectivity index (χ0v) is 20.8. The molecule has 0 aliphatic heterocycles. The molecule has 2 heterocycles. The highest BCUT2D eigenvalue weighted by Gasteiger charge is 2.24. The summed E-state index contributed by atoms with van der Waals surface area (Å²) in [6.45, 7) is 12.9. The molecule has 2 aromatic heterocycles. The van der Waals surface area contributed by atoms with Crippen LogP contribution < -0.4 is 0 Å². The second-order valence-electron chi connectivity index (χ2n) is 9.71. The van der Waals surface area contributed by atoms with Gasteiger partial charge in [-0.3, -0.25) is 0 Å². The van der Waals surface area contributed by atoms with Gasteiger partial charge >= 0.3 is 0 Å². The van der Waals surface area contributed by atoms with Gasteiger partial charge in [-0.15, -0.1) is 0 Å². The molecule has 0 amide bonds. The molecular formula is C25H41N3OSi. The van der Waals surface area contributed by atoms with E-state index in [-0.39, 0.29) is 0 Å². The van der Waals surface area contributed by atoms with Crippen molar-refractivity contribution in [1.29, 1.82) is 5.26 Å². The highest BCUT2D eigenvalue weighted by molar-refractivity contribution is 6.76. The lowest BCUT2D eigenvalue weighted by molar-refractivity contribution is 0.0870. The highest BCUT2D eigenvalue weighted by Crippen LogP contribution is 2.35. The Kier molecular flexibility index (Phi) is 10.1. The maximum Gasteiger partial charge on any atom is 0.143 e. The van der Waals surface area contributed by atoms with E-state index >= 15 is 0 Å². The van der Waals surface area contributed by atoms with Crippen LogP contribution in [0, 0.1) is 11.3 Å². The fourth-order valence-electron chi connectivity index (χ4n) is 4.16. The van der Waals surface area contributed by atoms with Crippen molar-refractivity contribution in [1.82, 2.24) is 9.55 Å². The minimum absolute atomic E-state index is 0.390. The summed E-state index contributed by atoms with van der Waals surface area (Å²) in [6, 6.07) is 7.63. The zero-order valence-electron chi connectivity index (χ0n) is 19.8. The van der Waals surface area contributed by atoms with E-state index in [2.05, 4.69) is 49.1 Å². The van der Waals surface area contributed by atoms with E-state index in [1.807, 2.05) is 18.3 Å². The summed E-state index contributed by atoms with van der Waals surface area (Å²) in [5.41, 5.74) is 2.85. The normalized spacial score (nSPS) is 12.9. The average Bonchev–Trinajstić information content (AvgIpc) is 3.03. The van der Waals surface area contributed by atoms with Gasteiger partial charge in [-0.05, 0) is 31.0 Å². The molecule has 0 radical (unpaired) electrons. The molecule has 0 spiro atoms.